The highest BCUT2D eigenvalue weighted by Gasteiger charge is 2.28. The first kappa shape index (κ1) is 10.7. The van der Waals surface area contributed by atoms with E-state index in [4.69, 9.17) is 4.74 Å². The Morgan fingerprint density at radius 2 is 2.31 bits per heavy atom. The van der Waals surface area contributed by atoms with E-state index in [0.717, 1.165) is 16.9 Å². The predicted molar refractivity (Wildman–Crippen MR) is 62.4 cm³/mol. The Morgan fingerprint density at radius 1 is 1.56 bits per heavy atom. The van der Waals surface area contributed by atoms with Crippen LogP contribution in [0.1, 0.15) is 12.5 Å². The van der Waals surface area contributed by atoms with Crippen molar-refractivity contribution >= 4 is 5.91 Å². The molecule has 1 aromatic carbocycles. The average Bonchev–Trinajstić information content (AvgIpc) is 2.69. The molecule has 1 N–H and O–H groups in total. The van der Waals surface area contributed by atoms with Gasteiger partial charge in [0.1, 0.15) is 5.75 Å². The molecule has 2 rings (SSSR count). The minimum absolute atomic E-state index is 0.0702. The summed E-state index contributed by atoms with van der Waals surface area (Å²) in [6.07, 6.45) is 0.259. The predicted octanol–water partition coefficient (Wildman–Crippen LogP) is 1.68. The van der Waals surface area contributed by atoms with Gasteiger partial charge < -0.3 is 10.1 Å². The maximum absolute atomic E-state index is 11.7. The summed E-state index contributed by atoms with van der Waals surface area (Å²) in [7, 11) is 0. The van der Waals surface area contributed by atoms with E-state index in [9.17, 15) is 4.79 Å². The van der Waals surface area contributed by atoms with Gasteiger partial charge in [-0.15, -0.1) is 0 Å². The summed E-state index contributed by atoms with van der Waals surface area (Å²) >= 11 is 0. The summed E-state index contributed by atoms with van der Waals surface area (Å²) in [6.45, 7) is 6.13. The van der Waals surface area contributed by atoms with Crippen LogP contribution in [0.3, 0.4) is 0 Å². The number of nitrogens with one attached hydrogen (secondary N) is 1. The molecule has 1 heterocycles. The van der Waals surface area contributed by atoms with E-state index in [1.54, 1.807) is 0 Å². The minimum atomic E-state index is -0.392. The van der Waals surface area contributed by atoms with Crippen molar-refractivity contribution in [1.82, 2.24) is 5.32 Å². The molecular weight excluding hydrogens is 202 g/mol. The summed E-state index contributed by atoms with van der Waals surface area (Å²) in [4.78, 5) is 11.7. The molecule has 3 heteroatoms. The van der Waals surface area contributed by atoms with E-state index < -0.39 is 6.10 Å². The van der Waals surface area contributed by atoms with Crippen molar-refractivity contribution in [2.24, 2.45) is 0 Å². The number of hydrogen-bond acceptors (Lipinski definition) is 2. The number of ether oxygens (including phenoxy) is 1. The van der Waals surface area contributed by atoms with Crippen molar-refractivity contribution in [3.63, 3.8) is 0 Å². The highest BCUT2D eigenvalue weighted by Crippen LogP contribution is 2.27. The van der Waals surface area contributed by atoms with E-state index >= 15 is 0 Å². The van der Waals surface area contributed by atoms with Crippen LogP contribution in [0, 0.1) is 0 Å². The molecule has 0 saturated heterocycles. The highest BCUT2D eigenvalue weighted by molar-refractivity contribution is 5.82. The molecule has 0 aliphatic carbocycles. The van der Waals surface area contributed by atoms with Gasteiger partial charge in [-0.2, -0.15) is 0 Å². The van der Waals surface area contributed by atoms with Gasteiger partial charge in [0.25, 0.3) is 5.91 Å². The van der Waals surface area contributed by atoms with Crippen LogP contribution >= 0.6 is 0 Å². The lowest BCUT2D eigenvalue weighted by atomic mass is 10.1. The molecule has 0 aromatic heterocycles. The second-order valence-corrected chi connectivity index (χ2v) is 4.09. The van der Waals surface area contributed by atoms with Crippen molar-refractivity contribution in [2.75, 3.05) is 6.54 Å². The number of fused-ring (bicyclic) bond motifs is 1. The molecule has 0 radical (unpaired) electrons. The standard InChI is InChI=1S/C13H15NO2/c1-9(2)8-14-13(15)12-7-10-5-3-4-6-11(10)16-12/h3-6,12H,1,7-8H2,2H3,(H,14,15). The molecule has 1 unspecified atom stereocenters. The van der Waals surface area contributed by atoms with Crippen LogP contribution in [-0.2, 0) is 11.2 Å². The van der Waals surface area contributed by atoms with Crippen LogP contribution in [0.4, 0.5) is 0 Å². The molecule has 84 valence electrons. The van der Waals surface area contributed by atoms with Gasteiger partial charge in [0.05, 0.1) is 0 Å². The Balaban J connectivity index is 1.96. The van der Waals surface area contributed by atoms with Crippen LogP contribution in [-0.4, -0.2) is 18.6 Å². The zero-order valence-electron chi connectivity index (χ0n) is 9.32. The lowest BCUT2D eigenvalue weighted by molar-refractivity contribution is -0.127. The first-order valence-corrected chi connectivity index (χ1v) is 5.33. The van der Waals surface area contributed by atoms with Crippen LogP contribution in [0.5, 0.6) is 5.75 Å². The van der Waals surface area contributed by atoms with E-state index in [0.29, 0.717) is 13.0 Å². The second-order valence-electron chi connectivity index (χ2n) is 4.09. The molecule has 1 aliphatic rings. The number of hydrogen-bond donors (Lipinski definition) is 1. The van der Waals surface area contributed by atoms with Crippen molar-refractivity contribution in [2.45, 2.75) is 19.4 Å². The van der Waals surface area contributed by atoms with Crippen LogP contribution < -0.4 is 10.1 Å². The Labute approximate surface area is 95.1 Å². The lowest BCUT2D eigenvalue weighted by Gasteiger charge is -2.10. The van der Waals surface area contributed by atoms with Gasteiger partial charge in [-0.25, -0.2) is 0 Å². The third-order valence-corrected chi connectivity index (χ3v) is 2.50. The molecule has 1 atom stereocenters. The maximum atomic E-state index is 11.7. The fraction of sp³-hybridized carbons (Fsp3) is 0.308. The first-order chi connectivity index (χ1) is 7.66. The van der Waals surface area contributed by atoms with Crippen molar-refractivity contribution < 1.29 is 9.53 Å². The smallest absolute Gasteiger partial charge is 0.261 e. The van der Waals surface area contributed by atoms with Crippen molar-refractivity contribution in [3.05, 3.63) is 42.0 Å². The lowest BCUT2D eigenvalue weighted by Crippen LogP contribution is -2.38. The van der Waals surface area contributed by atoms with Gasteiger partial charge in [0, 0.05) is 13.0 Å². The summed E-state index contributed by atoms with van der Waals surface area (Å²) < 4.78 is 5.56. The highest BCUT2D eigenvalue weighted by atomic mass is 16.5. The number of rotatable bonds is 3. The van der Waals surface area contributed by atoms with Crippen molar-refractivity contribution in [3.8, 4) is 5.75 Å². The topological polar surface area (TPSA) is 38.3 Å². The van der Waals surface area contributed by atoms with Gasteiger partial charge in [-0.3, -0.25) is 4.79 Å². The zero-order chi connectivity index (χ0) is 11.5. The second kappa shape index (κ2) is 4.39. The van der Waals surface area contributed by atoms with Crippen LogP contribution in [0.15, 0.2) is 36.4 Å². The fourth-order valence-electron chi connectivity index (χ4n) is 1.68. The first-order valence-electron chi connectivity index (χ1n) is 5.33. The van der Waals surface area contributed by atoms with E-state index in [1.165, 1.54) is 0 Å². The Kier molecular flexibility index (Phi) is 2.95. The Hall–Kier alpha value is -1.77. The van der Waals surface area contributed by atoms with Crippen LogP contribution in [0.25, 0.3) is 0 Å². The molecule has 1 aliphatic heterocycles. The Bertz CT molecular complexity index is 401. The maximum Gasteiger partial charge on any atom is 0.261 e. The number of benzene rings is 1. The SMILES string of the molecule is C=C(C)CNC(=O)C1Cc2ccccc2O1. The molecule has 1 amide bonds. The van der Waals surface area contributed by atoms with E-state index in [-0.39, 0.29) is 5.91 Å². The Morgan fingerprint density at radius 3 is 3.00 bits per heavy atom. The summed E-state index contributed by atoms with van der Waals surface area (Å²) in [6, 6.07) is 7.74. The molecule has 0 fully saturated rings. The number of carbonyl (C=O) groups excluding carboxylic acids is 1. The zero-order valence-corrected chi connectivity index (χ0v) is 9.32. The molecule has 3 nitrogen and oxygen atoms in total. The number of carbonyl (C=O) groups is 1. The van der Waals surface area contributed by atoms with Gasteiger partial charge >= 0.3 is 0 Å². The normalized spacial score (nSPS) is 17.4. The van der Waals surface area contributed by atoms with Gasteiger partial charge in [-0.1, -0.05) is 30.4 Å². The largest absolute Gasteiger partial charge is 0.480 e. The molecular formula is C13H15NO2. The van der Waals surface area contributed by atoms with Crippen molar-refractivity contribution in [1.29, 1.82) is 0 Å². The summed E-state index contributed by atoms with van der Waals surface area (Å²) in [5.74, 6) is 0.747. The van der Waals surface area contributed by atoms with Gasteiger partial charge in [0.2, 0.25) is 0 Å². The molecule has 16 heavy (non-hydrogen) atoms. The monoisotopic (exact) mass is 217 g/mol. The molecule has 0 saturated carbocycles. The fourth-order valence-corrected chi connectivity index (χ4v) is 1.68. The van der Waals surface area contributed by atoms with Crippen LogP contribution in [0.2, 0.25) is 0 Å². The number of para-hydroxylation sites is 1. The van der Waals surface area contributed by atoms with E-state index in [2.05, 4.69) is 11.9 Å². The third-order valence-electron chi connectivity index (χ3n) is 2.50. The average molecular weight is 217 g/mol. The van der Waals surface area contributed by atoms with Gasteiger partial charge in [-0.05, 0) is 18.6 Å². The van der Waals surface area contributed by atoms with Gasteiger partial charge in [0.15, 0.2) is 6.10 Å². The molecule has 0 bridgehead atoms. The van der Waals surface area contributed by atoms with E-state index in [1.807, 2.05) is 31.2 Å². The summed E-state index contributed by atoms with van der Waals surface area (Å²) in [5, 5.41) is 2.80. The summed E-state index contributed by atoms with van der Waals surface area (Å²) in [5.41, 5.74) is 2.03. The minimum Gasteiger partial charge on any atom is -0.480 e. The quantitative estimate of drug-likeness (QED) is 0.782. The number of amides is 1. The molecule has 0 spiro atoms. The third kappa shape index (κ3) is 2.24. The molecule has 1 aromatic rings.